The monoisotopic (exact) mass is 568 g/mol. The zero-order valence-corrected chi connectivity index (χ0v) is 23.5. The lowest BCUT2D eigenvalue weighted by molar-refractivity contribution is 0.0827. The molecular formula is C34H28N6O3. The fraction of sp³-hybridized carbons (Fsp3) is 0.0588. The summed E-state index contributed by atoms with van der Waals surface area (Å²) in [4.78, 5) is 31.3. The van der Waals surface area contributed by atoms with E-state index >= 15 is 0 Å². The van der Waals surface area contributed by atoms with Crippen molar-refractivity contribution < 1.29 is 14.3 Å². The predicted molar refractivity (Wildman–Crippen MR) is 168 cm³/mol. The molecule has 0 fully saturated rings. The Hall–Kier alpha value is -5.96. The number of ether oxygens (including phenoxy) is 1. The maximum atomic E-state index is 13.0. The molecule has 0 aliphatic carbocycles. The number of nitrogens with zero attached hydrogens (tertiary/aromatic N) is 3. The number of pyridine rings is 1. The maximum Gasteiger partial charge on any atom is 0.323 e. The van der Waals surface area contributed by atoms with Gasteiger partial charge in [0.15, 0.2) is 11.4 Å². The third-order valence-electron chi connectivity index (χ3n) is 6.79. The first-order chi connectivity index (χ1) is 20.9. The third kappa shape index (κ3) is 6.06. The highest BCUT2D eigenvalue weighted by atomic mass is 16.5. The van der Waals surface area contributed by atoms with E-state index in [2.05, 4.69) is 25.8 Å². The van der Waals surface area contributed by atoms with Gasteiger partial charge in [-0.15, -0.1) is 0 Å². The molecule has 0 radical (unpaired) electrons. The molecule has 0 saturated carbocycles. The van der Waals surface area contributed by atoms with Crippen molar-refractivity contribution in [2.75, 3.05) is 24.7 Å². The van der Waals surface area contributed by atoms with Gasteiger partial charge in [0.2, 0.25) is 0 Å². The number of rotatable bonds is 7. The lowest BCUT2D eigenvalue weighted by atomic mass is 10.0. The van der Waals surface area contributed by atoms with Crippen molar-refractivity contribution in [3.63, 3.8) is 0 Å². The maximum absolute atomic E-state index is 13.0. The average Bonchev–Trinajstić information content (AvgIpc) is 3.46. The van der Waals surface area contributed by atoms with Crippen molar-refractivity contribution in [3.05, 3.63) is 121 Å². The summed E-state index contributed by atoms with van der Waals surface area (Å²) in [5, 5.41) is 14.1. The number of fused-ring (bicyclic) bond motifs is 1. The molecule has 3 N–H and O–H groups in total. The number of aromatic amines is 1. The summed E-state index contributed by atoms with van der Waals surface area (Å²) < 4.78 is 5.96. The average molecular weight is 569 g/mol. The lowest BCUT2D eigenvalue weighted by Gasteiger charge is -2.13. The summed E-state index contributed by atoms with van der Waals surface area (Å²) in [5.41, 5.74) is 5.73. The molecular weight excluding hydrogens is 540 g/mol. The summed E-state index contributed by atoms with van der Waals surface area (Å²) in [6.07, 6.45) is 1.77. The molecule has 0 saturated heterocycles. The van der Waals surface area contributed by atoms with Gasteiger partial charge in [0, 0.05) is 48.1 Å². The van der Waals surface area contributed by atoms with Crippen LogP contribution in [0.1, 0.15) is 10.4 Å². The first-order valence-electron chi connectivity index (χ1n) is 13.6. The summed E-state index contributed by atoms with van der Waals surface area (Å²) in [5.74, 6) is 1.15. The Bertz CT molecular complexity index is 1920. The number of H-pyrrole nitrogens is 1. The highest BCUT2D eigenvalue weighted by molar-refractivity contribution is 6.01. The second-order valence-corrected chi connectivity index (χ2v) is 10.0. The summed E-state index contributed by atoms with van der Waals surface area (Å²) in [6, 6.07) is 33.1. The first kappa shape index (κ1) is 27.2. The lowest BCUT2D eigenvalue weighted by Crippen LogP contribution is -2.21. The van der Waals surface area contributed by atoms with Crippen LogP contribution in [0, 0.1) is 0 Å². The number of benzene rings is 4. The van der Waals surface area contributed by atoms with E-state index in [0.29, 0.717) is 39.8 Å². The van der Waals surface area contributed by atoms with Crippen LogP contribution in [0.3, 0.4) is 0 Å². The summed E-state index contributed by atoms with van der Waals surface area (Å²) >= 11 is 0. The number of anilines is 2. The number of carbonyl (C=O) groups is 2. The number of carbonyl (C=O) groups excluding carboxylic acids is 2. The molecule has 0 aliphatic rings. The van der Waals surface area contributed by atoms with Gasteiger partial charge in [0.1, 0.15) is 11.4 Å². The smallest absolute Gasteiger partial charge is 0.323 e. The number of nitrogens with one attached hydrogen (secondary N) is 3. The van der Waals surface area contributed by atoms with Crippen LogP contribution in [0.4, 0.5) is 16.2 Å². The minimum atomic E-state index is -0.409. The van der Waals surface area contributed by atoms with E-state index in [4.69, 9.17) is 4.74 Å². The van der Waals surface area contributed by atoms with E-state index < -0.39 is 6.03 Å². The van der Waals surface area contributed by atoms with Crippen molar-refractivity contribution >= 4 is 34.3 Å². The number of hydrogen-bond acceptors (Lipinski definition) is 5. The minimum Gasteiger partial charge on any atom is -0.455 e. The molecule has 212 valence electrons. The van der Waals surface area contributed by atoms with E-state index in [9.17, 15) is 9.59 Å². The van der Waals surface area contributed by atoms with Gasteiger partial charge < -0.3 is 20.3 Å². The Morgan fingerprint density at radius 3 is 2.33 bits per heavy atom. The number of amides is 3. The molecule has 9 nitrogen and oxygen atoms in total. The second-order valence-electron chi connectivity index (χ2n) is 10.0. The number of aromatic nitrogens is 3. The Balaban J connectivity index is 1.21. The Labute approximate surface area is 248 Å². The topological polar surface area (TPSA) is 112 Å². The van der Waals surface area contributed by atoms with Crippen LogP contribution >= 0.6 is 0 Å². The molecule has 6 aromatic rings. The van der Waals surface area contributed by atoms with Crippen molar-refractivity contribution in [2.24, 2.45) is 0 Å². The van der Waals surface area contributed by atoms with Crippen LogP contribution < -0.4 is 15.4 Å². The summed E-state index contributed by atoms with van der Waals surface area (Å²) in [7, 11) is 3.46. The first-order valence-corrected chi connectivity index (χ1v) is 13.6. The van der Waals surface area contributed by atoms with Crippen LogP contribution in [-0.2, 0) is 0 Å². The Kier molecular flexibility index (Phi) is 7.52. The van der Waals surface area contributed by atoms with Gasteiger partial charge >= 0.3 is 6.03 Å². The van der Waals surface area contributed by atoms with E-state index in [1.54, 1.807) is 37.3 Å². The second kappa shape index (κ2) is 11.9. The predicted octanol–water partition coefficient (Wildman–Crippen LogP) is 7.43. The zero-order valence-electron chi connectivity index (χ0n) is 23.5. The highest BCUT2D eigenvalue weighted by Gasteiger charge is 2.14. The van der Waals surface area contributed by atoms with Crippen molar-refractivity contribution in [1.82, 2.24) is 20.1 Å². The zero-order chi connectivity index (χ0) is 29.8. The van der Waals surface area contributed by atoms with E-state index in [1.807, 2.05) is 97.1 Å². The summed E-state index contributed by atoms with van der Waals surface area (Å²) in [6.45, 7) is 0. The van der Waals surface area contributed by atoms with E-state index in [-0.39, 0.29) is 5.91 Å². The fourth-order valence-corrected chi connectivity index (χ4v) is 4.65. The van der Waals surface area contributed by atoms with Crippen LogP contribution in [0.25, 0.3) is 33.4 Å². The normalized spacial score (nSPS) is 10.7. The van der Waals surface area contributed by atoms with E-state index in [1.165, 1.54) is 0 Å². The van der Waals surface area contributed by atoms with Gasteiger partial charge in [-0.2, -0.15) is 5.10 Å². The standard InChI is InChI=1S/C34H28N6O3/c1-40(2)33(41)23-17-15-22(16-18-23)25-20-28-31(38-39-32(28)35-21-25)24-9-8-10-26(19-24)36-34(42)37-29-13-6-7-14-30(29)43-27-11-4-3-5-12-27/h3-21H,1-2H3,(H,35,38,39)(H2,36,37,42). The van der Waals surface area contributed by atoms with Gasteiger partial charge in [-0.3, -0.25) is 9.89 Å². The molecule has 0 atom stereocenters. The number of urea groups is 1. The van der Waals surface area contributed by atoms with Crippen LogP contribution in [-0.4, -0.2) is 46.1 Å². The molecule has 6 rings (SSSR count). The van der Waals surface area contributed by atoms with Gasteiger partial charge in [-0.25, -0.2) is 9.78 Å². The van der Waals surface area contributed by atoms with Crippen molar-refractivity contribution in [3.8, 4) is 33.9 Å². The largest absolute Gasteiger partial charge is 0.455 e. The van der Waals surface area contributed by atoms with Crippen molar-refractivity contribution in [1.29, 1.82) is 0 Å². The third-order valence-corrected chi connectivity index (χ3v) is 6.79. The SMILES string of the molecule is CN(C)C(=O)c1ccc(-c2cnc3[nH]nc(-c4cccc(NC(=O)Nc5ccccc5Oc5ccccc5)c4)c3c2)cc1. The van der Waals surface area contributed by atoms with E-state index in [0.717, 1.165) is 22.1 Å². The van der Waals surface area contributed by atoms with Crippen LogP contribution in [0.2, 0.25) is 0 Å². The fourth-order valence-electron chi connectivity index (χ4n) is 4.65. The minimum absolute atomic E-state index is 0.0517. The van der Waals surface area contributed by atoms with Crippen LogP contribution in [0.5, 0.6) is 11.5 Å². The Morgan fingerprint density at radius 2 is 1.53 bits per heavy atom. The molecule has 0 spiro atoms. The molecule has 9 heteroatoms. The quantitative estimate of drug-likeness (QED) is 0.185. The van der Waals surface area contributed by atoms with Crippen molar-refractivity contribution in [2.45, 2.75) is 0 Å². The molecule has 0 bridgehead atoms. The number of hydrogen-bond donors (Lipinski definition) is 3. The van der Waals surface area contributed by atoms with Crippen LogP contribution in [0.15, 0.2) is 115 Å². The van der Waals surface area contributed by atoms with Gasteiger partial charge in [-0.1, -0.05) is 54.6 Å². The molecule has 0 unspecified atom stereocenters. The number of para-hydroxylation sites is 3. The Morgan fingerprint density at radius 1 is 0.767 bits per heavy atom. The molecule has 2 heterocycles. The molecule has 43 heavy (non-hydrogen) atoms. The highest BCUT2D eigenvalue weighted by Crippen LogP contribution is 2.32. The molecule has 0 aliphatic heterocycles. The van der Waals surface area contributed by atoms with Gasteiger partial charge in [0.25, 0.3) is 5.91 Å². The van der Waals surface area contributed by atoms with Gasteiger partial charge in [0.05, 0.1) is 5.69 Å². The molecule has 2 aromatic heterocycles. The van der Waals surface area contributed by atoms with Gasteiger partial charge in [-0.05, 0) is 60.2 Å². The molecule has 3 amide bonds. The molecule has 4 aromatic carbocycles.